The van der Waals surface area contributed by atoms with Crippen LogP contribution >= 0.6 is 0 Å². The number of nitrogens with zero attached hydrogens (tertiary/aromatic N) is 2. The number of rotatable bonds is 8. The quantitative estimate of drug-likeness (QED) is 0.760. The van der Waals surface area contributed by atoms with Gasteiger partial charge in [0.05, 0.1) is 18.8 Å². The average Bonchev–Trinajstić information content (AvgIpc) is 3.13. The second-order valence-corrected chi connectivity index (χ2v) is 6.83. The molecule has 1 aromatic carbocycles. The molecule has 0 radical (unpaired) electrons. The van der Waals surface area contributed by atoms with Crippen LogP contribution in [-0.4, -0.2) is 41.5 Å². The Kier molecular flexibility index (Phi) is 6.41. The highest BCUT2D eigenvalue weighted by Crippen LogP contribution is 2.25. The highest BCUT2D eigenvalue weighted by atomic mass is 16.5. The molecule has 2 heterocycles. The van der Waals surface area contributed by atoms with Gasteiger partial charge in [0.1, 0.15) is 0 Å². The Balaban J connectivity index is 1.73. The van der Waals surface area contributed by atoms with Gasteiger partial charge in [-0.15, -0.1) is 0 Å². The smallest absolute Gasteiger partial charge is 0.220 e. The highest BCUT2D eigenvalue weighted by molar-refractivity contribution is 5.77. The summed E-state index contributed by atoms with van der Waals surface area (Å²) >= 11 is 0. The first-order chi connectivity index (χ1) is 12.7. The molecule has 2 N–H and O–H groups in total. The molecule has 1 fully saturated rings. The minimum Gasteiger partial charge on any atom is -0.383 e. The Labute approximate surface area is 154 Å². The Morgan fingerprint density at radius 3 is 2.88 bits per heavy atom. The van der Waals surface area contributed by atoms with E-state index in [4.69, 9.17) is 4.74 Å². The fourth-order valence-corrected chi connectivity index (χ4v) is 3.58. The zero-order chi connectivity index (χ0) is 18.4. The zero-order valence-electron chi connectivity index (χ0n) is 15.5. The number of aromatic nitrogens is 2. The van der Waals surface area contributed by atoms with Crippen molar-refractivity contribution in [2.75, 3.05) is 13.7 Å². The monoisotopic (exact) mass is 356 g/mol. The van der Waals surface area contributed by atoms with E-state index in [0.717, 1.165) is 24.9 Å². The first-order valence-corrected chi connectivity index (χ1v) is 9.30. The van der Waals surface area contributed by atoms with Crippen molar-refractivity contribution in [3.63, 3.8) is 0 Å². The number of carbonyl (C=O) groups excluding carboxylic acids is 1. The summed E-state index contributed by atoms with van der Waals surface area (Å²) < 4.78 is 7.33. The van der Waals surface area contributed by atoms with E-state index in [0.29, 0.717) is 13.0 Å². The molecule has 1 aliphatic heterocycles. The minimum absolute atomic E-state index is 0.0633. The molecule has 1 unspecified atom stereocenters. The number of amides is 1. The van der Waals surface area contributed by atoms with Crippen LogP contribution < -0.4 is 10.6 Å². The molecule has 2 aromatic rings. The van der Waals surface area contributed by atoms with E-state index in [1.54, 1.807) is 7.11 Å². The van der Waals surface area contributed by atoms with Gasteiger partial charge in [-0.1, -0.05) is 30.3 Å². The van der Waals surface area contributed by atoms with Crippen molar-refractivity contribution in [2.45, 2.75) is 50.9 Å². The van der Waals surface area contributed by atoms with Gasteiger partial charge in [0.25, 0.3) is 0 Å². The SMILES string of the molecule is CCn1cc([C@@H]2NC(=O)CC[C@H]2NC(COC)Cc2ccccc2)cn1. The van der Waals surface area contributed by atoms with Crippen molar-refractivity contribution in [1.29, 1.82) is 0 Å². The maximum absolute atomic E-state index is 12.0. The lowest BCUT2D eigenvalue weighted by molar-refractivity contribution is -0.124. The maximum Gasteiger partial charge on any atom is 0.220 e. The van der Waals surface area contributed by atoms with E-state index in [2.05, 4.69) is 46.9 Å². The maximum atomic E-state index is 12.0. The molecule has 1 aromatic heterocycles. The molecule has 1 saturated heterocycles. The van der Waals surface area contributed by atoms with Crippen LogP contribution in [0.25, 0.3) is 0 Å². The van der Waals surface area contributed by atoms with Gasteiger partial charge in [-0.25, -0.2) is 0 Å². The van der Waals surface area contributed by atoms with Gasteiger partial charge >= 0.3 is 0 Å². The summed E-state index contributed by atoms with van der Waals surface area (Å²) in [6, 6.07) is 10.7. The van der Waals surface area contributed by atoms with Crippen LogP contribution in [0.2, 0.25) is 0 Å². The number of benzene rings is 1. The molecule has 140 valence electrons. The van der Waals surface area contributed by atoms with Crippen LogP contribution in [0.15, 0.2) is 42.7 Å². The van der Waals surface area contributed by atoms with E-state index in [-0.39, 0.29) is 24.0 Å². The molecule has 26 heavy (non-hydrogen) atoms. The Hall–Kier alpha value is -2.18. The summed E-state index contributed by atoms with van der Waals surface area (Å²) in [5.74, 6) is 0.101. The van der Waals surface area contributed by atoms with Gasteiger partial charge in [0.15, 0.2) is 0 Å². The number of ether oxygens (including phenoxy) is 1. The molecule has 0 aliphatic carbocycles. The number of piperidine rings is 1. The van der Waals surface area contributed by atoms with Crippen molar-refractivity contribution in [2.24, 2.45) is 0 Å². The summed E-state index contributed by atoms with van der Waals surface area (Å²) in [6.45, 7) is 3.50. The Morgan fingerprint density at radius 1 is 1.38 bits per heavy atom. The molecule has 3 atom stereocenters. The molecule has 6 heteroatoms. The van der Waals surface area contributed by atoms with Crippen LogP contribution in [0.4, 0.5) is 0 Å². The Bertz CT molecular complexity index is 701. The first kappa shape index (κ1) is 18.6. The number of carbonyl (C=O) groups is 1. The van der Waals surface area contributed by atoms with Crippen molar-refractivity contribution in [1.82, 2.24) is 20.4 Å². The van der Waals surface area contributed by atoms with Gasteiger partial charge in [-0.2, -0.15) is 5.10 Å². The number of hydrogen-bond donors (Lipinski definition) is 2. The van der Waals surface area contributed by atoms with Gasteiger partial charge in [-0.05, 0) is 25.3 Å². The molecule has 6 nitrogen and oxygen atoms in total. The molecule has 0 bridgehead atoms. The summed E-state index contributed by atoms with van der Waals surface area (Å²) in [5.41, 5.74) is 2.32. The minimum atomic E-state index is -0.0633. The number of hydrogen-bond acceptors (Lipinski definition) is 4. The third kappa shape index (κ3) is 4.71. The molecule has 0 spiro atoms. The van der Waals surface area contributed by atoms with Crippen LogP contribution in [0.1, 0.15) is 36.9 Å². The molecular formula is C20H28N4O2. The lowest BCUT2D eigenvalue weighted by atomic mass is 9.92. The number of methoxy groups -OCH3 is 1. The molecule has 1 amide bonds. The van der Waals surface area contributed by atoms with Gasteiger partial charge in [0, 0.05) is 43.9 Å². The fourth-order valence-electron chi connectivity index (χ4n) is 3.58. The summed E-state index contributed by atoms with van der Waals surface area (Å²) in [5, 5.41) is 11.2. The van der Waals surface area contributed by atoms with Gasteiger partial charge in [0.2, 0.25) is 5.91 Å². The lowest BCUT2D eigenvalue weighted by Gasteiger charge is -2.35. The predicted octanol–water partition coefficient (Wildman–Crippen LogP) is 2.07. The Morgan fingerprint density at radius 2 is 2.19 bits per heavy atom. The van der Waals surface area contributed by atoms with Crippen molar-refractivity contribution < 1.29 is 9.53 Å². The predicted molar refractivity (Wildman–Crippen MR) is 101 cm³/mol. The molecular weight excluding hydrogens is 328 g/mol. The van der Waals surface area contributed by atoms with Crippen LogP contribution in [0.5, 0.6) is 0 Å². The number of nitrogens with one attached hydrogen (secondary N) is 2. The van der Waals surface area contributed by atoms with E-state index in [9.17, 15) is 4.79 Å². The molecule has 0 saturated carbocycles. The van der Waals surface area contributed by atoms with E-state index in [1.165, 1.54) is 5.56 Å². The second-order valence-electron chi connectivity index (χ2n) is 6.83. The summed E-state index contributed by atoms with van der Waals surface area (Å²) in [4.78, 5) is 12.0. The second kappa shape index (κ2) is 8.96. The van der Waals surface area contributed by atoms with E-state index in [1.807, 2.05) is 23.1 Å². The standard InChI is InChI=1S/C20H28N4O2/c1-3-24-13-16(12-21-24)20-18(9-10-19(25)23-20)22-17(14-26-2)11-15-7-5-4-6-8-15/h4-8,12-13,17-18,20,22H,3,9-11,14H2,1-2H3,(H,23,25)/t17?,18-,20+/m1/s1. The fraction of sp³-hybridized carbons (Fsp3) is 0.500. The van der Waals surface area contributed by atoms with Crippen LogP contribution in [-0.2, 0) is 22.5 Å². The third-order valence-electron chi connectivity index (χ3n) is 4.88. The normalized spacial score (nSPS) is 21.4. The van der Waals surface area contributed by atoms with E-state index < -0.39 is 0 Å². The lowest BCUT2D eigenvalue weighted by Crippen LogP contribution is -2.52. The van der Waals surface area contributed by atoms with Crippen molar-refractivity contribution in [3.05, 3.63) is 53.9 Å². The van der Waals surface area contributed by atoms with E-state index >= 15 is 0 Å². The van der Waals surface area contributed by atoms with Gasteiger partial charge < -0.3 is 15.4 Å². The van der Waals surface area contributed by atoms with Gasteiger partial charge in [-0.3, -0.25) is 9.48 Å². The molecule has 3 rings (SSSR count). The largest absolute Gasteiger partial charge is 0.383 e. The zero-order valence-corrected chi connectivity index (χ0v) is 15.5. The summed E-state index contributed by atoms with van der Waals surface area (Å²) in [7, 11) is 1.73. The number of aryl methyl sites for hydroxylation is 1. The highest BCUT2D eigenvalue weighted by Gasteiger charge is 2.32. The van der Waals surface area contributed by atoms with Crippen LogP contribution in [0.3, 0.4) is 0 Å². The molecule has 1 aliphatic rings. The first-order valence-electron chi connectivity index (χ1n) is 9.30. The topological polar surface area (TPSA) is 68.2 Å². The van der Waals surface area contributed by atoms with Crippen molar-refractivity contribution >= 4 is 5.91 Å². The average molecular weight is 356 g/mol. The summed E-state index contributed by atoms with van der Waals surface area (Å²) in [6.07, 6.45) is 6.12. The van der Waals surface area contributed by atoms with Crippen molar-refractivity contribution in [3.8, 4) is 0 Å². The third-order valence-corrected chi connectivity index (χ3v) is 4.88. The van der Waals surface area contributed by atoms with Crippen LogP contribution in [0, 0.1) is 0 Å².